The molecule has 1 aromatic rings. The second-order valence-electron chi connectivity index (χ2n) is 5.77. The molecule has 1 amide bonds. The second-order valence-corrected chi connectivity index (χ2v) is 5.77. The maximum atomic E-state index is 12.5. The number of hydrogen-bond donors (Lipinski definition) is 1. The number of likely N-dealkylation sites (tertiary alicyclic amines) is 1. The summed E-state index contributed by atoms with van der Waals surface area (Å²) in [6, 6.07) is 1.68. The first kappa shape index (κ1) is 15.6. The van der Waals surface area contributed by atoms with Gasteiger partial charge in [-0.15, -0.1) is 0 Å². The van der Waals surface area contributed by atoms with Crippen LogP contribution in [-0.2, 0) is 6.18 Å². The zero-order valence-corrected chi connectivity index (χ0v) is 11.8. The predicted octanol–water partition coefficient (Wildman–Crippen LogP) is 2.51. The van der Waals surface area contributed by atoms with Gasteiger partial charge in [0, 0.05) is 13.1 Å². The monoisotopic (exact) mass is 302 g/mol. The smallest absolute Gasteiger partial charge is 0.338 e. The summed E-state index contributed by atoms with van der Waals surface area (Å²) in [5.41, 5.74) is -2.39. The minimum absolute atomic E-state index is 0.246. The van der Waals surface area contributed by atoms with E-state index in [0.29, 0.717) is 24.9 Å². The number of rotatable bonds is 1. The lowest BCUT2D eigenvalue weighted by Gasteiger charge is -2.34. The number of piperidine rings is 1. The molecule has 1 aromatic heterocycles. The van der Waals surface area contributed by atoms with Gasteiger partial charge in [0.25, 0.3) is 11.5 Å². The van der Waals surface area contributed by atoms with Crippen LogP contribution in [0.15, 0.2) is 16.9 Å². The molecule has 1 N–H and O–H groups in total. The van der Waals surface area contributed by atoms with Crippen LogP contribution in [0.3, 0.4) is 0 Å². The first-order valence-corrected chi connectivity index (χ1v) is 6.78. The topological polar surface area (TPSA) is 53.2 Å². The largest absolute Gasteiger partial charge is 0.431 e. The van der Waals surface area contributed by atoms with E-state index in [4.69, 9.17) is 0 Å². The lowest BCUT2D eigenvalue weighted by Crippen LogP contribution is -2.44. The zero-order chi connectivity index (χ0) is 15.8. The minimum Gasteiger partial charge on any atom is -0.338 e. The highest BCUT2D eigenvalue weighted by Gasteiger charge is 2.33. The van der Waals surface area contributed by atoms with Gasteiger partial charge in [0.05, 0.1) is 0 Å². The highest BCUT2D eigenvalue weighted by atomic mass is 19.4. The molecule has 0 bridgehead atoms. The van der Waals surface area contributed by atoms with Crippen molar-refractivity contribution in [1.29, 1.82) is 0 Å². The van der Waals surface area contributed by atoms with Crippen LogP contribution in [0.1, 0.15) is 36.3 Å². The molecule has 2 atom stereocenters. The summed E-state index contributed by atoms with van der Waals surface area (Å²) in [5, 5.41) is 0. The number of pyridine rings is 1. The normalized spacial score (nSPS) is 23.2. The number of nitrogens with zero attached hydrogens (tertiary/aromatic N) is 1. The lowest BCUT2D eigenvalue weighted by molar-refractivity contribution is -0.141. The van der Waals surface area contributed by atoms with Crippen LogP contribution in [-0.4, -0.2) is 28.9 Å². The van der Waals surface area contributed by atoms with Crippen molar-refractivity contribution < 1.29 is 18.0 Å². The summed E-state index contributed by atoms with van der Waals surface area (Å²) in [5.74, 6) is 0.112. The van der Waals surface area contributed by atoms with Crippen LogP contribution < -0.4 is 5.56 Å². The molecule has 0 radical (unpaired) electrons. The Hall–Kier alpha value is -1.79. The number of carbonyl (C=O) groups is 1. The van der Waals surface area contributed by atoms with E-state index in [9.17, 15) is 22.8 Å². The molecule has 1 saturated heterocycles. The molecule has 0 spiro atoms. The molecule has 0 unspecified atom stereocenters. The van der Waals surface area contributed by atoms with Gasteiger partial charge in [0.1, 0.15) is 11.3 Å². The maximum absolute atomic E-state index is 12.5. The maximum Gasteiger partial charge on any atom is 0.431 e. The van der Waals surface area contributed by atoms with Gasteiger partial charge >= 0.3 is 6.18 Å². The number of halogens is 3. The molecule has 4 nitrogen and oxygen atoms in total. The number of hydrogen-bond acceptors (Lipinski definition) is 2. The predicted molar refractivity (Wildman–Crippen MR) is 70.9 cm³/mol. The highest BCUT2D eigenvalue weighted by molar-refractivity contribution is 5.93. The van der Waals surface area contributed by atoms with E-state index in [-0.39, 0.29) is 5.56 Å². The molecule has 1 aliphatic rings. The quantitative estimate of drug-likeness (QED) is 0.866. The molecular weight excluding hydrogens is 285 g/mol. The van der Waals surface area contributed by atoms with Crippen molar-refractivity contribution in [2.24, 2.45) is 11.8 Å². The molecule has 0 aliphatic carbocycles. The lowest BCUT2D eigenvalue weighted by atomic mass is 9.91. The first-order valence-electron chi connectivity index (χ1n) is 6.78. The van der Waals surface area contributed by atoms with Gasteiger partial charge in [-0.25, -0.2) is 0 Å². The van der Waals surface area contributed by atoms with Crippen molar-refractivity contribution in [1.82, 2.24) is 9.88 Å². The fraction of sp³-hybridized carbons (Fsp3) is 0.571. The fourth-order valence-corrected chi connectivity index (χ4v) is 2.81. The average Bonchev–Trinajstić information content (AvgIpc) is 2.35. The van der Waals surface area contributed by atoms with Gasteiger partial charge in [0.15, 0.2) is 0 Å². The summed E-state index contributed by atoms with van der Waals surface area (Å²) in [6.45, 7) is 5.05. The van der Waals surface area contributed by atoms with Crippen molar-refractivity contribution in [3.05, 3.63) is 33.7 Å². The van der Waals surface area contributed by atoms with E-state index in [0.717, 1.165) is 18.6 Å². The molecule has 2 rings (SSSR count). The van der Waals surface area contributed by atoms with Crippen LogP contribution in [0, 0.1) is 11.8 Å². The van der Waals surface area contributed by atoms with E-state index in [1.54, 1.807) is 4.98 Å². The van der Waals surface area contributed by atoms with Crippen molar-refractivity contribution in [3.8, 4) is 0 Å². The molecule has 1 aliphatic heterocycles. The molecule has 1 fully saturated rings. The van der Waals surface area contributed by atoms with Gasteiger partial charge in [-0.3, -0.25) is 9.59 Å². The Kier molecular flexibility index (Phi) is 4.11. The first-order chi connectivity index (χ1) is 9.68. The second kappa shape index (κ2) is 5.54. The molecule has 2 heterocycles. The number of carbonyl (C=O) groups excluding carboxylic acids is 1. The van der Waals surface area contributed by atoms with Crippen LogP contribution >= 0.6 is 0 Å². The van der Waals surface area contributed by atoms with Gasteiger partial charge in [-0.1, -0.05) is 13.8 Å². The summed E-state index contributed by atoms with van der Waals surface area (Å²) in [6.07, 6.45) is -3.64. The summed E-state index contributed by atoms with van der Waals surface area (Å²) >= 11 is 0. The average molecular weight is 302 g/mol. The molecule has 116 valence electrons. The standard InChI is InChI=1S/C14H17F3N2O2/c1-8-5-9(2)7-19(6-8)13(21)10-3-4-11(14(15,16)17)18-12(10)20/h3-4,8-9H,5-7H2,1-2H3,(H,18,20)/t8-,9-/m1/s1. The number of H-pyrrole nitrogens is 1. The fourth-order valence-electron chi connectivity index (χ4n) is 2.81. The van der Waals surface area contributed by atoms with Gasteiger partial charge in [0.2, 0.25) is 0 Å². The molecule has 7 heteroatoms. The molecule has 0 saturated carbocycles. The number of amides is 1. The van der Waals surface area contributed by atoms with Crippen LogP contribution in [0.4, 0.5) is 13.2 Å². The van der Waals surface area contributed by atoms with Gasteiger partial charge < -0.3 is 9.88 Å². The molecule has 21 heavy (non-hydrogen) atoms. The van der Waals surface area contributed by atoms with E-state index < -0.39 is 23.3 Å². The number of aromatic amines is 1. The summed E-state index contributed by atoms with van der Waals surface area (Å²) < 4.78 is 37.5. The van der Waals surface area contributed by atoms with Crippen molar-refractivity contribution in [3.63, 3.8) is 0 Å². The Morgan fingerprint density at radius 2 is 1.81 bits per heavy atom. The SMILES string of the molecule is C[C@@H]1C[C@@H](C)CN(C(=O)c2ccc(C(F)(F)F)[nH]c2=O)C1. The number of nitrogens with one attached hydrogen (secondary N) is 1. The Morgan fingerprint density at radius 3 is 2.29 bits per heavy atom. The van der Waals surface area contributed by atoms with Crippen LogP contribution in [0.25, 0.3) is 0 Å². The van der Waals surface area contributed by atoms with Crippen LogP contribution in [0.5, 0.6) is 0 Å². The third-order valence-electron chi connectivity index (χ3n) is 3.60. The van der Waals surface area contributed by atoms with Gasteiger partial charge in [-0.05, 0) is 30.4 Å². The van der Waals surface area contributed by atoms with Crippen LogP contribution in [0.2, 0.25) is 0 Å². The van der Waals surface area contributed by atoms with E-state index in [2.05, 4.69) is 0 Å². The summed E-state index contributed by atoms with van der Waals surface area (Å²) in [4.78, 5) is 27.3. The zero-order valence-electron chi connectivity index (χ0n) is 11.8. The number of alkyl halides is 3. The van der Waals surface area contributed by atoms with E-state index in [1.807, 2.05) is 13.8 Å². The summed E-state index contributed by atoms with van der Waals surface area (Å²) in [7, 11) is 0. The van der Waals surface area contributed by atoms with Crippen molar-refractivity contribution in [2.75, 3.05) is 13.1 Å². The third-order valence-corrected chi connectivity index (χ3v) is 3.60. The Labute approximate surface area is 120 Å². The molecular formula is C14H17F3N2O2. The van der Waals surface area contributed by atoms with E-state index >= 15 is 0 Å². The number of aromatic nitrogens is 1. The van der Waals surface area contributed by atoms with Gasteiger partial charge in [-0.2, -0.15) is 13.2 Å². The van der Waals surface area contributed by atoms with Crippen molar-refractivity contribution in [2.45, 2.75) is 26.4 Å². The minimum atomic E-state index is -4.63. The third kappa shape index (κ3) is 3.46. The Balaban J connectivity index is 2.26. The molecule has 0 aromatic carbocycles. The Bertz CT molecular complexity index is 585. The van der Waals surface area contributed by atoms with E-state index in [1.165, 1.54) is 4.90 Å². The van der Waals surface area contributed by atoms with Crippen molar-refractivity contribution >= 4 is 5.91 Å². The Morgan fingerprint density at radius 1 is 1.24 bits per heavy atom. The highest BCUT2D eigenvalue weighted by Crippen LogP contribution is 2.27.